The van der Waals surface area contributed by atoms with Gasteiger partial charge in [0.25, 0.3) is 0 Å². The summed E-state index contributed by atoms with van der Waals surface area (Å²) in [4.78, 5) is 22.5. The second-order valence-electron chi connectivity index (χ2n) is 5.20. The Bertz CT molecular complexity index is 439. The van der Waals surface area contributed by atoms with Crippen molar-refractivity contribution in [1.29, 1.82) is 0 Å². The smallest absolute Gasteiger partial charge is 0.307 e. The molecular formula is C12H21NO5S. The molecule has 2 N–H and O–H groups in total. The molecule has 0 radical (unpaired) electrons. The summed E-state index contributed by atoms with van der Waals surface area (Å²) in [7, 11) is -3.74. The van der Waals surface area contributed by atoms with Crippen LogP contribution in [0.4, 0.5) is 0 Å². The van der Waals surface area contributed by atoms with Crippen molar-refractivity contribution in [2.24, 2.45) is 5.92 Å². The van der Waals surface area contributed by atoms with E-state index in [0.717, 1.165) is 25.7 Å². The number of hydrogen-bond donors (Lipinski definition) is 2. The summed E-state index contributed by atoms with van der Waals surface area (Å²) < 4.78 is 23.9. The molecule has 0 aromatic carbocycles. The van der Waals surface area contributed by atoms with Crippen LogP contribution in [0.25, 0.3) is 0 Å². The van der Waals surface area contributed by atoms with Gasteiger partial charge in [0.2, 0.25) is 5.91 Å². The molecule has 0 heterocycles. The van der Waals surface area contributed by atoms with Crippen LogP contribution in [0.5, 0.6) is 0 Å². The van der Waals surface area contributed by atoms with Crippen molar-refractivity contribution in [2.45, 2.75) is 50.8 Å². The van der Waals surface area contributed by atoms with E-state index >= 15 is 0 Å². The first kappa shape index (κ1) is 15.9. The van der Waals surface area contributed by atoms with Gasteiger partial charge in [-0.2, -0.15) is 0 Å². The summed E-state index contributed by atoms with van der Waals surface area (Å²) in [6.07, 6.45) is 3.85. The van der Waals surface area contributed by atoms with Gasteiger partial charge in [-0.1, -0.05) is 19.8 Å². The van der Waals surface area contributed by atoms with E-state index in [1.54, 1.807) is 0 Å². The fraction of sp³-hybridized carbons (Fsp3) is 0.833. The Balaban J connectivity index is 2.61. The van der Waals surface area contributed by atoms with Crippen molar-refractivity contribution in [3.05, 3.63) is 0 Å². The maximum Gasteiger partial charge on any atom is 0.307 e. The molecule has 0 bridgehead atoms. The molecular weight excluding hydrogens is 270 g/mol. The lowest BCUT2D eigenvalue weighted by atomic mass is 10.2. The number of carboxylic acids is 1. The first-order valence-electron chi connectivity index (χ1n) is 6.49. The third-order valence-electron chi connectivity index (χ3n) is 3.51. The summed E-state index contributed by atoms with van der Waals surface area (Å²) in [5, 5.41) is 10.3. The van der Waals surface area contributed by atoms with E-state index in [4.69, 9.17) is 5.11 Å². The van der Waals surface area contributed by atoms with Crippen LogP contribution in [0.2, 0.25) is 0 Å². The van der Waals surface area contributed by atoms with Gasteiger partial charge in [0.15, 0.2) is 9.84 Å². The molecule has 110 valence electrons. The summed E-state index contributed by atoms with van der Waals surface area (Å²) in [6, 6.07) is 0.0575. The Labute approximate surface area is 113 Å². The van der Waals surface area contributed by atoms with Crippen molar-refractivity contribution in [3.63, 3.8) is 0 Å². The molecule has 0 saturated heterocycles. The molecule has 1 aliphatic carbocycles. The molecule has 19 heavy (non-hydrogen) atoms. The summed E-state index contributed by atoms with van der Waals surface area (Å²) >= 11 is 0. The average molecular weight is 291 g/mol. The highest BCUT2D eigenvalue weighted by atomic mass is 32.2. The van der Waals surface area contributed by atoms with Gasteiger partial charge in [-0.3, -0.25) is 9.59 Å². The lowest BCUT2D eigenvalue weighted by molar-refractivity contribution is -0.140. The molecule has 1 amide bonds. The number of nitrogens with one attached hydrogen (secondary N) is 1. The van der Waals surface area contributed by atoms with Gasteiger partial charge in [-0.05, 0) is 19.8 Å². The number of hydrogen-bond acceptors (Lipinski definition) is 4. The lowest BCUT2D eigenvalue weighted by Crippen LogP contribution is -2.44. The number of carboxylic acid groups (broad SMARTS) is 1. The molecule has 7 heteroatoms. The minimum Gasteiger partial charge on any atom is -0.481 e. The summed E-state index contributed by atoms with van der Waals surface area (Å²) in [5.74, 6) is -3.22. The molecule has 2 unspecified atom stereocenters. The normalized spacial score (nSPS) is 19.9. The van der Waals surface area contributed by atoms with Crippen LogP contribution in [-0.4, -0.2) is 42.4 Å². The van der Waals surface area contributed by atoms with Crippen molar-refractivity contribution < 1.29 is 23.1 Å². The molecule has 6 nitrogen and oxygen atoms in total. The van der Waals surface area contributed by atoms with Crippen molar-refractivity contribution in [3.8, 4) is 0 Å². The minimum atomic E-state index is -3.74. The number of carbonyl (C=O) groups excluding carboxylic acids is 1. The quantitative estimate of drug-likeness (QED) is 0.745. The van der Waals surface area contributed by atoms with Crippen LogP contribution in [0.15, 0.2) is 0 Å². The van der Waals surface area contributed by atoms with E-state index in [0.29, 0.717) is 0 Å². The predicted molar refractivity (Wildman–Crippen MR) is 70.4 cm³/mol. The standard InChI is InChI=1S/C12H21NO5S/c1-8(12(15)16)7-19(17,18)9(2)11(14)13-10-5-3-4-6-10/h8-10H,3-7H2,1-2H3,(H,13,14)(H,15,16). The van der Waals surface area contributed by atoms with E-state index < -0.39 is 38.6 Å². The highest BCUT2D eigenvalue weighted by Gasteiger charge is 2.32. The molecule has 0 aliphatic heterocycles. The third kappa shape index (κ3) is 4.49. The van der Waals surface area contributed by atoms with E-state index in [2.05, 4.69) is 5.32 Å². The Morgan fingerprint density at radius 1 is 1.26 bits per heavy atom. The molecule has 1 aliphatic rings. The second-order valence-corrected chi connectivity index (χ2v) is 7.57. The van der Waals surface area contributed by atoms with Crippen molar-refractivity contribution in [2.75, 3.05) is 5.75 Å². The van der Waals surface area contributed by atoms with Gasteiger partial charge in [-0.25, -0.2) is 8.42 Å². The molecule has 0 aromatic rings. The largest absolute Gasteiger partial charge is 0.481 e. The van der Waals surface area contributed by atoms with Gasteiger partial charge in [-0.15, -0.1) is 0 Å². The zero-order valence-corrected chi connectivity index (χ0v) is 12.1. The number of sulfone groups is 1. The fourth-order valence-corrected chi connectivity index (χ4v) is 3.64. The Kier molecular flexibility index (Phi) is 5.34. The Hall–Kier alpha value is -1.11. The van der Waals surface area contributed by atoms with Crippen LogP contribution in [0.3, 0.4) is 0 Å². The molecule has 1 fully saturated rings. The number of amides is 1. The van der Waals surface area contributed by atoms with Gasteiger partial charge in [0, 0.05) is 6.04 Å². The Morgan fingerprint density at radius 3 is 2.26 bits per heavy atom. The van der Waals surface area contributed by atoms with Crippen LogP contribution in [-0.2, 0) is 19.4 Å². The van der Waals surface area contributed by atoms with Crippen LogP contribution >= 0.6 is 0 Å². The zero-order valence-electron chi connectivity index (χ0n) is 11.3. The van der Waals surface area contributed by atoms with E-state index in [1.165, 1.54) is 13.8 Å². The maximum absolute atomic E-state index is 11.9. The topological polar surface area (TPSA) is 101 Å². The maximum atomic E-state index is 11.9. The van der Waals surface area contributed by atoms with Crippen molar-refractivity contribution in [1.82, 2.24) is 5.32 Å². The Morgan fingerprint density at radius 2 is 1.79 bits per heavy atom. The molecule has 1 rings (SSSR count). The van der Waals surface area contributed by atoms with Crippen molar-refractivity contribution >= 4 is 21.7 Å². The van der Waals surface area contributed by atoms with Crippen LogP contribution in [0.1, 0.15) is 39.5 Å². The first-order valence-corrected chi connectivity index (χ1v) is 8.20. The van der Waals surface area contributed by atoms with Gasteiger partial charge in [0.05, 0.1) is 11.7 Å². The van der Waals surface area contributed by atoms with Crippen LogP contribution < -0.4 is 5.32 Å². The SMILES string of the molecule is CC(CS(=O)(=O)C(C)C(=O)NC1CCCC1)C(=O)O. The molecule has 2 atom stereocenters. The summed E-state index contributed by atoms with van der Waals surface area (Å²) in [5.41, 5.74) is 0. The second kappa shape index (κ2) is 6.36. The predicted octanol–water partition coefficient (Wildman–Crippen LogP) is 0.569. The fourth-order valence-electron chi connectivity index (χ4n) is 2.12. The number of carbonyl (C=O) groups is 2. The van der Waals surface area contributed by atoms with E-state index in [-0.39, 0.29) is 6.04 Å². The van der Waals surface area contributed by atoms with Gasteiger partial charge < -0.3 is 10.4 Å². The number of rotatable bonds is 6. The monoisotopic (exact) mass is 291 g/mol. The highest BCUT2D eigenvalue weighted by molar-refractivity contribution is 7.92. The van der Waals surface area contributed by atoms with E-state index in [9.17, 15) is 18.0 Å². The average Bonchev–Trinajstić information content (AvgIpc) is 2.79. The first-order chi connectivity index (χ1) is 8.74. The lowest BCUT2D eigenvalue weighted by Gasteiger charge is -2.18. The van der Waals surface area contributed by atoms with Gasteiger partial charge in [0.1, 0.15) is 5.25 Å². The minimum absolute atomic E-state index is 0.0575. The molecule has 1 saturated carbocycles. The molecule has 0 aromatic heterocycles. The highest BCUT2D eigenvalue weighted by Crippen LogP contribution is 2.18. The van der Waals surface area contributed by atoms with E-state index in [1.807, 2.05) is 0 Å². The summed E-state index contributed by atoms with van der Waals surface area (Å²) in [6.45, 7) is 2.63. The van der Waals surface area contributed by atoms with Crippen LogP contribution in [0, 0.1) is 5.92 Å². The van der Waals surface area contributed by atoms with Gasteiger partial charge >= 0.3 is 5.97 Å². The zero-order chi connectivity index (χ0) is 14.6. The molecule has 0 spiro atoms. The number of aliphatic carboxylic acids is 1. The third-order valence-corrected chi connectivity index (χ3v) is 5.77.